The molecule has 1 rings (SSSR count). The Balaban J connectivity index is 0.000000541. The molecule has 0 aliphatic rings. The summed E-state index contributed by atoms with van der Waals surface area (Å²) >= 11 is 0. The van der Waals surface area contributed by atoms with Crippen LogP contribution >= 0.6 is 0 Å². The molecule has 1 N–H and O–H groups in total. The van der Waals surface area contributed by atoms with Crippen molar-refractivity contribution in [3.05, 3.63) is 41.8 Å². The van der Waals surface area contributed by atoms with Gasteiger partial charge in [-0.05, 0) is 12.1 Å². The zero-order valence-corrected chi connectivity index (χ0v) is 13.4. The summed E-state index contributed by atoms with van der Waals surface area (Å²) in [6.07, 6.45) is -5.11. The molecule has 0 radical (unpaired) electrons. The lowest BCUT2D eigenvalue weighted by atomic mass is 10.3. The van der Waals surface area contributed by atoms with Gasteiger partial charge in [0.1, 0.15) is 0 Å². The van der Waals surface area contributed by atoms with E-state index in [4.69, 9.17) is 5.11 Å². The fraction of sp³-hybridized carbons (Fsp3) is 0.231. The maximum atomic E-state index is 12.8. The van der Waals surface area contributed by atoms with E-state index in [1.807, 2.05) is 0 Å². The van der Waals surface area contributed by atoms with Crippen molar-refractivity contribution in [1.29, 1.82) is 0 Å². The van der Waals surface area contributed by atoms with Gasteiger partial charge in [-0.2, -0.15) is 13.2 Å². The monoisotopic (exact) mass is 406 g/mol. The molecule has 0 saturated carbocycles. The van der Waals surface area contributed by atoms with Gasteiger partial charge in [-0.15, -0.1) is 0 Å². The molecular weight excluding hydrogens is 395 g/mol. The number of hydrogen-bond donors (Lipinski definition) is 1. The molecule has 0 aliphatic carbocycles. The third-order valence-corrected chi connectivity index (χ3v) is 3.60. The maximum Gasteiger partial charge on any atom is 0.505 e. The summed E-state index contributed by atoms with van der Waals surface area (Å²) in [7, 11) is -3.33. The number of aliphatic carboxylic acids is 1. The van der Waals surface area contributed by atoms with Gasteiger partial charge in [0, 0.05) is 9.93 Å². The van der Waals surface area contributed by atoms with Crippen LogP contribution in [-0.4, -0.2) is 37.3 Å². The number of carbonyl (C=O) groups is 2. The largest absolute Gasteiger partial charge is 0.505 e. The van der Waals surface area contributed by atoms with Crippen LogP contribution in [-0.2, 0) is 24.4 Å². The van der Waals surface area contributed by atoms with Crippen molar-refractivity contribution < 1.29 is 54.9 Å². The minimum Gasteiger partial charge on any atom is -0.481 e. The molecule has 0 atom stereocenters. The van der Waals surface area contributed by atoms with Gasteiger partial charge in [0.2, 0.25) is 5.82 Å². The fourth-order valence-corrected chi connectivity index (χ4v) is 1.73. The molecule has 7 nitrogen and oxygen atoms in total. The second kappa shape index (κ2) is 9.70. The van der Waals surface area contributed by atoms with E-state index in [1.54, 1.807) is 0 Å². The van der Waals surface area contributed by atoms with Gasteiger partial charge >= 0.3 is 18.0 Å². The van der Waals surface area contributed by atoms with Gasteiger partial charge in [-0.1, -0.05) is 12.6 Å². The number of carboxylic acids is 1. The predicted molar refractivity (Wildman–Crippen MR) is 75.4 cm³/mol. The molecule has 0 saturated heterocycles. The Morgan fingerprint density at radius 1 is 1.27 bits per heavy atom. The van der Waals surface area contributed by atoms with Crippen molar-refractivity contribution in [2.45, 2.75) is 12.5 Å². The number of hydrogen-bond acceptors (Lipinski definition) is 6. The fourth-order valence-electron chi connectivity index (χ4n) is 1.10. The molecule has 1 aromatic carbocycles. The molecule has 0 aromatic heterocycles. The number of alkyl halides is 2. The summed E-state index contributed by atoms with van der Waals surface area (Å²) in [5.41, 5.74) is 0. The lowest BCUT2D eigenvalue weighted by Gasteiger charge is -2.13. The van der Waals surface area contributed by atoms with Gasteiger partial charge in [-0.3, -0.25) is 4.79 Å². The first-order chi connectivity index (χ1) is 11.9. The molecule has 0 bridgehead atoms. The Hall–Kier alpha value is -2.70. The van der Waals surface area contributed by atoms with Crippen molar-refractivity contribution in [2.75, 3.05) is 5.75 Å². The Morgan fingerprint density at radius 3 is 2.31 bits per heavy atom. The van der Waals surface area contributed by atoms with Crippen LogP contribution in [0.5, 0.6) is 5.75 Å². The van der Waals surface area contributed by atoms with Crippen molar-refractivity contribution >= 4 is 21.8 Å². The van der Waals surface area contributed by atoms with Gasteiger partial charge in [0.05, 0.1) is 12.2 Å². The van der Waals surface area contributed by atoms with Crippen LogP contribution in [0.4, 0.5) is 22.1 Å². The van der Waals surface area contributed by atoms with Crippen molar-refractivity contribution in [3.8, 4) is 5.75 Å². The standard InChI is InChI=1S/C8H3F5O3.C5H8O4S/c9-4-2-1-3-5(6(4)10)15-8(11,12)7(14)16-13;1-2-10(8,9)4-3-5(6)7/h1-3H;2H,1,3-4H2,(H,6,7). The number of sulfone groups is 1. The van der Waals surface area contributed by atoms with E-state index in [0.717, 1.165) is 11.5 Å². The van der Waals surface area contributed by atoms with Crippen LogP contribution in [0, 0.1) is 11.6 Å². The van der Waals surface area contributed by atoms with Crippen molar-refractivity contribution in [1.82, 2.24) is 0 Å². The van der Waals surface area contributed by atoms with Crippen molar-refractivity contribution in [3.63, 3.8) is 0 Å². The zero-order chi connectivity index (χ0) is 20.5. The van der Waals surface area contributed by atoms with Gasteiger partial charge in [0.25, 0.3) is 0 Å². The summed E-state index contributed by atoms with van der Waals surface area (Å²) in [6.45, 7) is 3.03. The highest BCUT2D eigenvalue weighted by Crippen LogP contribution is 2.26. The highest BCUT2D eigenvalue weighted by Gasteiger charge is 2.46. The molecule has 0 unspecified atom stereocenters. The number of carboxylic acid groups (broad SMARTS) is 1. The number of rotatable bonds is 7. The van der Waals surface area contributed by atoms with Crippen LogP contribution in [0.2, 0.25) is 0 Å². The molecule has 13 heteroatoms. The van der Waals surface area contributed by atoms with Gasteiger partial charge in [-0.25, -0.2) is 22.5 Å². The summed E-state index contributed by atoms with van der Waals surface area (Å²) in [5.74, 6) is -8.58. The van der Waals surface area contributed by atoms with Crippen LogP contribution in [0.25, 0.3) is 0 Å². The highest BCUT2D eigenvalue weighted by atomic mass is 32.2. The first-order valence-corrected chi connectivity index (χ1v) is 7.98. The lowest BCUT2D eigenvalue weighted by molar-refractivity contribution is -0.248. The third-order valence-electron chi connectivity index (χ3n) is 2.32. The predicted octanol–water partition coefficient (Wildman–Crippen LogP) is 2.38. The smallest absolute Gasteiger partial charge is 0.481 e. The maximum absolute atomic E-state index is 12.8. The zero-order valence-electron chi connectivity index (χ0n) is 12.6. The summed E-state index contributed by atoms with van der Waals surface area (Å²) in [5, 5.41) is 8.83. The molecule has 0 heterocycles. The first kappa shape index (κ1) is 23.3. The average molecular weight is 406 g/mol. The molecule has 0 amide bonds. The number of ether oxygens (including phenoxy) is 1. The van der Waals surface area contributed by atoms with Gasteiger partial charge in [0.15, 0.2) is 21.4 Å². The average Bonchev–Trinajstić information content (AvgIpc) is 2.57. The quantitative estimate of drug-likeness (QED) is 0.693. The summed E-state index contributed by atoms with van der Waals surface area (Å²) in [4.78, 5) is 22.2. The number of carbonyl (C=O) groups excluding carboxylic acids is 1. The van der Waals surface area contributed by atoms with E-state index >= 15 is 0 Å². The van der Waals surface area contributed by atoms with Crippen LogP contribution < -0.4 is 4.74 Å². The van der Waals surface area contributed by atoms with E-state index < -0.39 is 45.3 Å². The van der Waals surface area contributed by atoms with E-state index in [2.05, 4.69) is 16.3 Å². The van der Waals surface area contributed by atoms with Crippen LogP contribution in [0.3, 0.4) is 0 Å². The Bertz CT molecular complexity index is 764. The van der Waals surface area contributed by atoms with Crippen molar-refractivity contribution in [2.24, 2.45) is 0 Å². The second-order valence-corrected chi connectivity index (χ2v) is 6.28. The molecule has 146 valence electrons. The third kappa shape index (κ3) is 7.92. The molecule has 0 fully saturated rings. The molecular formula is C13H11F5O7S. The SMILES string of the molecule is C=CS(=O)(=O)CCC(=O)O.O=C(OF)C(F)(F)Oc1cccc(F)c1F. The van der Waals surface area contributed by atoms with E-state index in [9.17, 15) is 40.1 Å². The lowest BCUT2D eigenvalue weighted by Crippen LogP contribution is -2.35. The van der Waals surface area contributed by atoms with E-state index in [0.29, 0.717) is 12.1 Å². The minimum atomic E-state index is -4.75. The molecule has 0 spiro atoms. The van der Waals surface area contributed by atoms with E-state index in [-0.39, 0.29) is 12.2 Å². The first-order valence-electron chi connectivity index (χ1n) is 6.27. The van der Waals surface area contributed by atoms with E-state index in [1.165, 1.54) is 0 Å². The normalized spacial score (nSPS) is 11.0. The Morgan fingerprint density at radius 2 is 1.85 bits per heavy atom. The number of halogens is 5. The minimum absolute atomic E-state index is 0.367. The van der Waals surface area contributed by atoms with Crippen LogP contribution in [0.15, 0.2) is 30.2 Å². The number of benzene rings is 1. The van der Waals surface area contributed by atoms with Gasteiger partial charge < -0.3 is 9.84 Å². The van der Waals surface area contributed by atoms with Crippen LogP contribution in [0.1, 0.15) is 6.42 Å². The molecule has 0 aliphatic heterocycles. The summed E-state index contributed by atoms with van der Waals surface area (Å²) in [6, 6.07) is 2.15. The second-order valence-electron chi connectivity index (χ2n) is 4.21. The molecule has 1 aromatic rings. The Kier molecular flexibility index (Phi) is 8.69. The summed E-state index contributed by atoms with van der Waals surface area (Å²) < 4.78 is 86.3. The Labute approximate surface area is 143 Å². The topological polar surface area (TPSA) is 107 Å². The highest BCUT2D eigenvalue weighted by molar-refractivity contribution is 7.94. The molecule has 26 heavy (non-hydrogen) atoms.